The Morgan fingerprint density at radius 3 is 2.26 bits per heavy atom. The van der Waals surface area contributed by atoms with Gasteiger partial charge in [0.1, 0.15) is 5.82 Å². The predicted octanol–water partition coefficient (Wildman–Crippen LogP) is 6.85. The fraction of sp³-hybridized carbons (Fsp3) is 0.269. The minimum Gasteiger partial charge on any atom is -0.466 e. The van der Waals surface area contributed by atoms with Gasteiger partial charge < -0.3 is 4.74 Å². The van der Waals surface area contributed by atoms with Crippen LogP contribution in [0.15, 0.2) is 83.3 Å². The van der Waals surface area contributed by atoms with Crippen LogP contribution in [-0.4, -0.2) is 17.5 Å². The standard InChI is InChI=1S/C26H27BrFNO2/c1-3-31-26(30)17-25(22-14-15-24(28)23(27)16-22)29(18-20-10-6-4-7-11-20)19(2)21-12-8-5-9-13-21/h4-16,19,25H,3,17-18H2,1-2H3. The molecule has 2 unspecified atom stereocenters. The molecule has 0 fully saturated rings. The normalized spacial score (nSPS) is 13.1. The van der Waals surface area contributed by atoms with Gasteiger partial charge in [-0.25, -0.2) is 4.39 Å². The van der Waals surface area contributed by atoms with Crippen molar-refractivity contribution in [2.75, 3.05) is 6.61 Å². The molecule has 0 saturated carbocycles. The fourth-order valence-electron chi connectivity index (χ4n) is 3.76. The summed E-state index contributed by atoms with van der Waals surface area (Å²) in [6.07, 6.45) is 0.177. The molecule has 0 radical (unpaired) electrons. The Labute approximate surface area is 192 Å². The highest BCUT2D eigenvalue weighted by Gasteiger charge is 2.29. The van der Waals surface area contributed by atoms with Crippen LogP contribution in [0.5, 0.6) is 0 Å². The van der Waals surface area contributed by atoms with Crippen molar-refractivity contribution in [1.29, 1.82) is 0 Å². The van der Waals surface area contributed by atoms with Crippen molar-refractivity contribution in [2.24, 2.45) is 0 Å². The lowest BCUT2D eigenvalue weighted by atomic mass is 9.96. The largest absolute Gasteiger partial charge is 0.466 e. The van der Waals surface area contributed by atoms with E-state index in [0.29, 0.717) is 17.6 Å². The lowest BCUT2D eigenvalue weighted by Gasteiger charge is -2.37. The van der Waals surface area contributed by atoms with Crippen molar-refractivity contribution in [3.05, 3.63) is 106 Å². The molecule has 0 aliphatic carbocycles. The van der Waals surface area contributed by atoms with Gasteiger partial charge in [-0.15, -0.1) is 0 Å². The van der Waals surface area contributed by atoms with Crippen LogP contribution < -0.4 is 0 Å². The van der Waals surface area contributed by atoms with Crippen LogP contribution in [0.1, 0.15) is 49.0 Å². The molecule has 5 heteroatoms. The van der Waals surface area contributed by atoms with E-state index in [2.05, 4.69) is 52.0 Å². The zero-order valence-electron chi connectivity index (χ0n) is 17.8. The Morgan fingerprint density at radius 1 is 1.00 bits per heavy atom. The summed E-state index contributed by atoms with van der Waals surface area (Å²) in [5.74, 6) is -0.601. The number of benzene rings is 3. The second-order valence-electron chi connectivity index (χ2n) is 7.44. The van der Waals surface area contributed by atoms with Gasteiger partial charge in [0.2, 0.25) is 0 Å². The first-order valence-electron chi connectivity index (χ1n) is 10.4. The maximum atomic E-state index is 14.0. The van der Waals surface area contributed by atoms with E-state index in [1.807, 2.05) is 36.4 Å². The molecular weight excluding hydrogens is 457 g/mol. The molecule has 162 valence electrons. The summed E-state index contributed by atoms with van der Waals surface area (Å²) in [6.45, 7) is 4.90. The quantitative estimate of drug-likeness (QED) is 0.311. The molecule has 0 saturated heterocycles. The Bertz CT molecular complexity index is 981. The number of esters is 1. The molecule has 0 amide bonds. The molecule has 0 aromatic heterocycles. The molecule has 3 aromatic rings. The highest BCUT2D eigenvalue weighted by atomic mass is 79.9. The number of hydrogen-bond acceptors (Lipinski definition) is 3. The molecule has 3 nitrogen and oxygen atoms in total. The highest BCUT2D eigenvalue weighted by Crippen LogP contribution is 2.36. The average molecular weight is 484 g/mol. The Kier molecular flexibility index (Phi) is 8.38. The fourth-order valence-corrected chi connectivity index (χ4v) is 4.15. The first-order chi connectivity index (χ1) is 15.0. The molecule has 0 heterocycles. The molecule has 3 rings (SSSR count). The number of carbonyl (C=O) groups excluding carboxylic acids is 1. The van der Waals surface area contributed by atoms with Crippen molar-refractivity contribution in [1.82, 2.24) is 4.90 Å². The van der Waals surface area contributed by atoms with E-state index in [0.717, 1.165) is 16.7 Å². The van der Waals surface area contributed by atoms with E-state index >= 15 is 0 Å². The lowest BCUT2D eigenvalue weighted by molar-refractivity contribution is -0.145. The van der Waals surface area contributed by atoms with Crippen molar-refractivity contribution in [3.63, 3.8) is 0 Å². The van der Waals surface area contributed by atoms with Gasteiger partial charge in [0.05, 0.1) is 17.5 Å². The van der Waals surface area contributed by atoms with Gasteiger partial charge in [-0.2, -0.15) is 0 Å². The molecular formula is C26H27BrFNO2. The molecule has 0 N–H and O–H groups in total. The average Bonchev–Trinajstić information content (AvgIpc) is 2.79. The van der Waals surface area contributed by atoms with E-state index in [1.54, 1.807) is 19.1 Å². The molecule has 2 atom stereocenters. The maximum Gasteiger partial charge on any atom is 0.307 e. The number of halogens is 2. The summed E-state index contributed by atoms with van der Waals surface area (Å²) in [5, 5.41) is 0. The van der Waals surface area contributed by atoms with Gasteiger partial charge in [0.25, 0.3) is 0 Å². The van der Waals surface area contributed by atoms with Crippen LogP contribution in [0.2, 0.25) is 0 Å². The second kappa shape index (κ2) is 11.2. The van der Waals surface area contributed by atoms with Crippen LogP contribution >= 0.6 is 15.9 Å². The summed E-state index contributed by atoms with van der Waals surface area (Å²) in [6, 6.07) is 25.0. The minimum absolute atomic E-state index is 0.0182. The molecule has 31 heavy (non-hydrogen) atoms. The summed E-state index contributed by atoms with van der Waals surface area (Å²) in [5.41, 5.74) is 3.15. The second-order valence-corrected chi connectivity index (χ2v) is 8.30. The Hall–Kier alpha value is -2.50. The van der Waals surface area contributed by atoms with Crippen molar-refractivity contribution in [3.8, 4) is 0 Å². The highest BCUT2D eigenvalue weighted by molar-refractivity contribution is 9.10. The van der Waals surface area contributed by atoms with Crippen molar-refractivity contribution >= 4 is 21.9 Å². The van der Waals surface area contributed by atoms with E-state index in [9.17, 15) is 9.18 Å². The Balaban J connectivity index is 2.05. The molecule has 3 aromatic carbocycles. The topological polar surface area (TPSA) is 29.5 Å². The third-order valence-electron chi connectivity index (χ3n) is 5.38. The Morgan fingerprint density at radius 2 is 1.65 bits per heavy atom. The van der Waals surface area contributed by atoms with Crippen molar-refractivity contribution < 1.29 is 13.9 Å². The van der Waals surface area contributed by atoms with Crippen molar-refractivity contribution in [2.45, 2.75) is 38.9 Å². The summed E-state index contributed by atoms with van der Waals surface area (Å²) in [4.78, 5) is 14.8. The van der Waals surface area contributed by atoms with E-state index in [-0.39, 0.29) is 30.3 Å². The van der Waals surface area contributed by atoms with E-state index in [4.69, 9.17) is 4.74 Å². The van der Waals surface area contributed by atoms with Gasteiger partial charge in [0.15, 0.2) is 0 Å². The van der Waals surface area contributed by atoms with Gasteiger partial charge >= 0.3 is 5.97 Å². The molecule has 0 aliphatic heterocycles. The molecule has 0 bridgehead atoms. The van der Waals surface area contributed by atoms with Crippen LogP contribution in [-0.2, 0) is 16.1 Å². The van der Waals surface area contributed by atoms with Gasteiger partial charge in [-0.1, -0.05) is 66.7 Å². The molecule has 0 aliphatic rings. The van der Waals surface area contributed by atoms with E-state index in [1.165, 1.54) is 6.07 Å². The smallest absolute Gasteiger partial charge is 0.307 e. The number of nitrogens with zero attached hydrogens (tertiary/aromatic N) is 1. The van der Waals surface area contributed by atoms with Gasteiger partial charge in [0, 0.05) is 18.6 Å². The third-order valence-corrected chi connectivity index (χ3v) is 5.99. The summed E-state index contributed by atoms with van der Waals surface area (Å²) < 4.78 is 19.6. The summed E-state index contributed by atoms with van der Waals surface area (Å²) in [7, 11) is 0. The van der Waals surface area contributed by atoms with Crippen LogP contribution in [0.3, 0.4) is 0 Å². The predicted molar refractivity (Wildman–Crippen MR) is 125 cm³/mol. The third kappa shape index (κ3) is 6.25. The summed E-state index contributed by atoms with van der Waals surface area (Å²) >= 11 is 3.30. The maximum absolute atomic E-state index is 14.0. The SMILES string of the molecule is CCOC(=O)CC(c1ccc(F)c(Br)c1)N(Cc1ccccc1)C(C)c1ccccc1. The van der Waals surface area contributed by atoms with Gasteiger partial charge in [-0.05, 0) is 58.6 Å². The lowest BCUT2D eigenvalue weighted by Crippen LogP contribution is -2.33. The first kappa shape index (κ1) is 23.2. The van der Waals surface area contributed by atoms with Crippen LogP contribution in [0, 0.1) is 5.82 Å². The minimum atomic E-state index is -0.329. The zero-order valence-corrected chi connectivity index (χ0v) is 19.4. The monoisotopic (exact) mass is 483 g/mol. The number of ether oxygens (including phenoxy) is 1. The number of hydrogen-bond donors (Lipinski definition) is 0. The van der Waals surface area contributed by atoms with Crippen LogP contribution in [0.25, 0.3) is 0 Å². The number of rotatable bonds is 9. The van der Waals surface area contributed by atoms with Gasteiger partial charge in [-0.3, -0.25) is 9.69 Å². The number of carbonyl (C=O) groups is 1. The van der Waals surface area contributed by atoms with Crippen LogP contribution in [0.4, 0.5) is 4.39 Å². The zero-order chi connectivity index (χ0) is 22.2. The van der Waals surface area contributed by atoms with E-state index < -0.39 is 0 Å². The molecule has 0 spiro atoms. The first-order valence-corrected chi connectivity index (χ1v) is 11.2.